The molecule has 0 bridgehead atoms. The Morgan fingerprint density at radius 3 is 2.33 bits per heavy atom. The minimum Gasteiger partial charge on any atom is -0.166 e. The summed E-state index contributed by atoms with van der Waals surface area (Å²) in [7, 11) is 0. The number of hydrogen-bond acceptors (Lipinski definition) is 2. The molecule has 0 aliphatic rings. The van der Waals surface area contributed by atoms with Crippen LogP contribution in [0.15, 0.2) is 23.1 Å². The first-order chi connectivity index (χ1) is 6.99. The summed E-state index contributed by atoms with van der Waals surface area (Å²) in [5, 5.41) is 0. The maximum atomic E-state index is 12.6. The Bertz CT molecular complexity index is 334. The lowest BCUT2D eigenvalue weighted by molar-refractivity contribution is -0.139. The molecule has 15 heavy (non-hydrogen) atoms. The van der Waals surface area contributed by atoms with Gasteiger partial charge in [-0.3, -0.25) is 0 Å². The van der Waals surface area contributed by atoms with Crippen molar-refractivity contribution in [2.75, 3.05) is 12.5 Å². The minimum atomic E-state index is -4.26. The van der Waals surface area contributed by atoms with Crippen LogP contribution in [0, 0.1) is 0 Å². The third-order valence-electron chi connectivity index (χ3n) is 1.88. The van der Waals surface area contributed by atoms with Crippen molar-refractivity contribution >= 4 is 23.5 Å². The molecule has 84 valence electrons. The SMILES string of the molecule is CSCc1ccc(SC)c(C(F)(F)F)c1. The van der Waals surface area contributed by atoms with E-state index >= 15 is 0 Å². The Labute approximate surface area is 95.6 Å². The standard InChI is InChI=1S/C10H11F3S2/c1-14-6-7-3-4-9(15-2)8(5-7)10(11,12)13/h3-5H,6H2,1-2H3. The van der Waals surface area contributed by atoms with Crippen molar-refractivity contribution in [3.63, 3.8) is 0 Å². The topological polar surface area (TPSA) is 0 Å². The summed E-state index contributed by atoms with van der Waals surface area (Å²) in [6.45, 7) is 0. The summed E-state index contributed by atoms with van der Waals surface area (Å²) in [6, 6.07) is 4.53. The van der Waals surface area contributed by atoms with Gasteiger partial charge in [-0.1, -0.05) is 6.07 Å². The number of hydrogen-bond donors (Lipinski definition) is 0. The second kappa shape index (κ2) is 5.16. The molecule has 1 aromatic rings. The van der Waals surface area contributed by atoms with Crippen molar-refractivity contribution in [2.24, 2.45) is 0 Å². The Kier molecular flexibility index (Phi) is 4.40. The maximum absolute atomic E-state index is 12.6. The molecular formula is C10H11F3S2. The zero-order valence-electron chi connectivity index (χ0n) is 8.39. The zero-order valence-corrected chi connectivity index (χ0v) is 10.0. The molecule has 0 spiro atoms. The van der Waals surface area contributed by atoms with Crippen LogP contribution in [0.4, 0.5) is 13.2 Å². The van der Waals surface area contributed by atoms with Crippen LogP contribution in [0.3, 0.4) is 0 Å². The van der Waals surface area contributed by atoms with E-state index in [1.807, 2.05) is 6.26 Å². The molecule has 0 saturated carbocycles. The summed E-state index contributed by atoms with van der Waals surface area (Å²) in [4.78, 5) is 0.285. The monoisotopic (exact) mass is 252 g/mol. The van der Waals surface area contributed by atoms with Gasteiger partial charge in [-0.2, -0.15) is 24.9 Å². The molecule has 0 saturated heterocycles. The normalized spacial score (nSPS) is 11.8. The lowest BCUT2D eigenvalue weighted by atomic mass is 10.1. The van der Waals surface area contributed by atoms with Gasteiger partial charge < -0.3 is 0 Å². The van der Waals surface area contributed by atoms with Crippen molar-refractivity contribution in [1.82, 2.24) is 0 Å². The smallest absolute Gasteiger partial charge is 0.166 e. The van der Waals surface area contributed by atoms with Gasteiger partial charge in [-0.25, -0.2) is 0 Å². The van der Waals surface area contributed by atoms with Crippen molar-refractivity contribution in [3.8, 4) is 0 Å². The first kappa shape index (κ1) is 12.8. The fourth-order valence-electron chi connectivity index (χ4n) is 1.23. The average molecular weight is 252 g/mol. The molecule has 0 nitrogen and oxygen atoms in total. The molecule has 0 fully saturated rings. The van der Waals surface area contributed by atoms with Crippen molar-refractivity contribution in [3.05, 3.63) is 29.3 Å². The van der Waals surface area contributed by atoms with Gasteiger partial charge in [-0.15, -0.1) is 11.8 Å². The van der Waals surface area contributed by atoms with Crippen LogP contribution in [-0.2, 0) is 11.9 Å². The van der Waals surface area contributed by atoms with Crippen molar-refractivity contribution < 1.29 is 13.2 Å². The Morgan fingerprint density at radius 1 is 1.20 bits per heavy atom. The van der Waals surface area contributed by atoms with Gasteiger partial charge in [0.05, 0.1) is 5.56 Å². The lowest BCUT2D eigenvalue weighted by Gasteiger charge is -2.12. The van der Waals surface area contributed by atoms with E-state index in [1.54, 1.807) is 18.4 Å². The van der Waals surface area contributed by atoms with Crippen LogP contribution in [0.1, 0.15) is 11.1 Å². The number of halogens is 3. The van der Waals surface area contributed by atoms with Gasteiger partial charge in [0.2, 0.25) is 0 Å². The van der Waals surface area contributed by atoms with Gasteiger partial charge in [0, 0.05) is 10.6 Å². The molecule has 0 radical (unpaired) electrons. The minimum absolute atomic E-state index is 0.285. The summed E-state index contributed by atoms with van der Waals surface area (Å²) in [6.07, 6.45) is -0.735. The Morgan fingerprint density at radius 2 is 1.87 bits per heavy atom. The number of thioether (sulfide) groups is 2. The second-order valence-electron chi connectivity index (χ2n) is 2.97. The highest BCUT2D eigenvalue weighted by Crippen LogP contribution is 2.36. The molecule has 0 unspecified atom stereocenters. The highest BCUT2D eigenvalue weighted by Gasteiger charge is 2.33. The van der Waals surface area contributed by atoms with E-state index < -0.39 is 11.7 Å². The van der Waals surface area contributed by atoms with Crippen LogP contribution in [0.25, 0.3) is 0 Å². The largest absolute Gasteiger partial charge is 0.417 e. The maximum Gasteiger partial charge on any atom is 0.417 e. The van der Waals surface area contributed by atoms with E-state index in [0.29, 0.717) is 11.3 Å². The summed E-state index contributed by atoms with van der Waals surface area (Å²) >= 11 is 2.64. The Balaban J connectivity index is 3.13. The first-order valence-electron chi connectivity index (χ1n) is 4.22. The number of rotatable bonds is 3. The van der Waals surface area contributed by atoms with Crippen molar-refractivity contribution in [1.29, 1.82) is 0 Å². The van der Waals surface area contributed by atoms with E-state index in [-0.39, 0.29) is 4.90 Å². The lowest BCUT2D eigenvalue weighted by Crippen LogP contribution is -2.07. The van der Waals surface area contributed by atoms with Crippen LogP contribution < -0.4 is 0 Å². The summed E-state index contributed by atoms with van der Waals surface area (Å²) in [5.74, 6) is 0.609. The summed E-state index contributed by atoms with van der Waals surface area (Å²) < 4.78 is 37.9. The highest BCUT2D eigenvalue weighted by atomic mass is 32.2. The summed E-state index contributed by atoms with van der Waals surface area (Å²) in [5.41, 5.74) is 0.189. The number of benzene rings is 1. The fourth-order valence-corrected chi connectivity index (χ4v) is 2.34. The second-order valence-corrected chi connectivity index (χ2v) is 4.68. The van der Waals surface area contributed by atoms with Gasteiger partial charge in [-0.05, 0) is 30.2 Å². The Hall–Kier alpha value is -0.290. The molecular weight excluding hydrogens is 241 g/mol. The van der Waals surface area contributed by atoms with Crippen LogP contribution in [0.5, 0.6) is 0 Å². The van der Waals surface area contributed by atoms with E-state index in [0.717, 1.165) is 11.8 Å². The fraction of sp³-hybridized carbons (Fsp3) is 0.400. The van der Waals surface area contributed by atoms with E-state index in [1.165, 1.54) is 17.8 Å². The van der Waals surface area contributed by atoms with Crippen LogP contribution in [0.2, 0.25) is 0 Å². The predicted octanol–water partition coefficient (Wildman–Crippen LogP) is 4.29. The van der Waals surface area contributed by atoms with Crippen LogP contribution >= 0.6 is 23.5 Å². The first-order valence-corrected chi connectivity index (χ1v) is 6.84. The van der Waals surface area contributed by atoms with Gasteiger partial charge >= 0.3 is 6.18 Å². The van der Waals surface area contributed by atoms with E-state index in [4.69, 9.17) is 0 Å². The molecule has 0 aromatic heterocycles. The third kappa shape index (κ3) is 3.34. The molecule has 5 heteroatoms. The molecule has 0 N–H and O–H groups in total. The van der Waals surface area contributed by atoms with Gasteiger partial charge in [0.25, 0.3) is 0 Å². The highest BCUT2D eigenvalue weighted by molar-refractivity contribution is 7.98. The van der Waals surface area contributed by atoms with Crippen LogP contribution in [-0.4, -0.2) is 12.5 Å². The molecule has 0 aliphatic heterocycles. The zero-order chi connectivity index (χ0) is 11.5. The molecule has 1 aromatic carbocycles. The predicted molar refractivity (Wildman–Crippen MR) is 60.4 cm³/mol. The molecule has 0 heterocycles. The third-order valence-corrected chi connectivity index (χ3v) is 3.30. The molecule has 0 aliphatic carbocycles. The van der Waals surface area contributed by atoms with Crippen molar-refractivity contribution in [2.45, 2.75) is 16.8 Å². The molecule has 0 amide bonds. The molecule has 1 rings (SSSR count). The van der Waals surface area contributed by atoms with E-state index in [2.05, 4.69) is 0 Å². The van der Waals surface area contributed by atoms with Gasteiger partial charge in [0.15, 0.2) is 0 Å². The quantitative estimate of drug-likeness (QED) is 0.736. The van der Waals surface area contributed by atoms with E-state index in [9.17, 15) is 13.2 Å². The molecule has 0 atom stereocenters. The number of alkyl halides is 3. The average Bonchev–Trinajstić information content (AvgIpc) is 2.17. The van der Waals surface area contributed by atoms with Gasteiger partial charge in [0.1, 0.15) is 0 Å².